The molecule has 0 saturated carbocycles. The molecule has 0 atom stereocenters. The van der Waals surface area contributed by atoms with E-state index < -0.39 is 0 Å². The van der Waals surface area contributed by atoms with Crippen LogP contribution in [0.25, 0.3) is 11.3 Å². The normalized spacial score (nSPS) is 15.1. The molecule has 4 nitrogen and oxygen atoms in total. The minimum absolute atomic E-state index is 0.837. The van der Waals surface area contributed by atoms with E-state index in [0.29, 0.717) is 0 Å². The summed E-state index contributed by atoms with van der Waals surface area (Å²) in [6.45, 7) is 4.13. The van der Waals surface area contributed by atoms with Gasteiger partial charge in [-0.25, -0.2) is 9.97 Å². The van der Waals surface area contributed by atoms with Crippen LogP contribution in [0.3, 0.4) is 0 Å². The zero-order valence-electron chi connectivity index (χ0n) is 10.5. The van der Waals surface area contributed by atoms with Crippen LogP contribution in [0, 0.1) is 6.92 Å². The van der Waals surface area contributed by atoms with E-state index in [4.69, 9.17) is 0 Å². The summed E-state index contributed by atoms with van der Waals surface area (Å²) in [6, 6.07) is 5.98. The van der Waals surface area contributed by atoms with Gasteiger partial charge in [0.05, 0.1) is 5.69 Å². The quantitative estimate of drug-likeness (QED) is 0.808. The Balaban J connectivity index is 1.86. The molecule has 92 valence electrons. The van der Waals surface area contributed by atoms with Crippen LogP contribution < -0.4 is 4.90 Å². The van der Waals surface area contributed by atoms with Crippen molar-refractivity contribution in [3.8, 4) is 11.3 Å². The lowest BCUT2D eigenvalue weighted by Crippen LogP contribution is -2.20. The molecular formula is C14H16N4. The van der Waals surface area contributed by atoms with E-state index in [1.807, 2.05) is 37.5 Å². The number of aryl methyl sites for hydroxylation is 1. The Morgan fingerprint density at radius 1 is 1.06 bits per heavy atom. The number of nitrogens with zero attached hydrogens (tertiary/aromatic N) is 4. The fraction of sp³-hybridized carbons (Fsp3) is 0.357. The molecule has 2 aromatic heterocycles. The molecule has 0 aliphatic carbocycles. The van der Waals surface area contributed by atoms with Crippen LogP contribution in [0.5, 0.6) is 0 Å². The summed E-state index contributed by atoms with van der Waals surface area (Å²) in [5.74, 6) is 0.837. The van der Waals surface area contributed by atoms with E-state index in [1.165, 1.54) is 12.8 Å². The number of aromatic nitrogens is 3. The van der Waals surface area contributed by atoms with Gasteiger partial charge >= 0.3 is 0 Å². The molecule has 1 aliphatic rings. The fourth-order valence-electron chi connectivity index (χ4n) is 2.24. The Kier molecular flexibility index (Phi) is 2.92. The van der Waals surface area contributed by atoms with Crippen LogP contribution >= 0.6 is 0 Å². The van der Waals surface area contributed by atoms with Crippen molar-refractivity contribution >= 4 is 5.95 Å². The van der Waals surface area contributed by atoms with Crippen LogP contribution in [0.15, 0.2) is 30.6 Å². The lowest BCUT2D eigenvalue weighted by Gasteiger charge is -2.14. The van der Waals surface area contributed by atoms with Gasteiger partial charge < -0.3 is 4.90 Å². The van der Waals surface area contributed by atoms with Crippen LogP contribution in [0.2, 0.25) is 0 Å². The molecule has 4 heteroatoms. The molecular weight excluding hydrogens is 224 g/mol. The lowest BCUT2D eigenvalue weighted by atomic mass is 10.2. The van der Waals surface area contributed by atoms with Gasteiger partial charge in [0.25, 0.3) is 0 Å². The molecule has 0 unspecified atom stereocenters. The van der Waals surface area contributed by atoms with Gasteiger partial charge in [0.2, 0.25) is 5.95 Å². The van der Waals surface area contributed by atoms with Crippen molar-refractivity contribution in [2.24, 2.45) is 0 Å². The summed E-state index contributed by atoms with van der Waals surface area (Å²) in [6.07, 6.45) is 6.21. The predicted octanol–water partition coefficient (Wildman–Crippen LogP) is 2.45. The zero-order valence-corrected chi connectivity index (χ0v) is 10.5. The standard InChI is InChI=1S/C14H16N4/c1-11-5-4-6-13(17-11)12-9-15-14(16-10-12)18-7-2-3-8-18/h4-6,9-10H,2-3,7-8H2,1H3. The maximum absolute atomic E-state index is 4.48. The van der Waals surface area contributed by atoms with Crippen molar-refractivity contribution in [1.82, 2.24) is 15.0 Å². The summed E-state index contributed by atoms with van der Waals surface area (Å²) in [5.41, 5.74) is 2.92. The third-order valence-corrected chi connectivity index (χ3v) is 3.21. The average molecular weight is 240 g/mol. The average Bonchev–Trinajstić information content (AvgIpc) is 2.93. The molecule has 1 fully saturated rings. The molecule has 0 spiro atoms. The maximum Gasteiger partial charge on any atom is 0.225 e. The molecule has 1 aliphatic heterocycles. The molecule has 0 aromatic carbocycles. The smallest absolute Gasteiger partial charge is 0.225 e. The Bertz CT molecular complexity index is 530. The molecule has 0 N–H and O–H groups in total. The number of hydrogen-bond donors (Lipinski definition) is 0. The lowest BCUT2D eigenvalue weighted by molar-refractivity contribution is 0.898. The SMILES string of the molecule is Cc1cccc(-c2cnc(N3CCCC3)nc2)n1. The molecule has 3 heterocycles. The topological polar surface area (TPSA) is 41.9 Å². The molecule has 0 bridgehead atoms. The third-order valence-electron chi connectivity index (χ3n) is 3.21. The highest BCUT2D eigenvalue weighted by atomic mass is 15.3. The van der Waals surface area contributed by atoms with Crippen LogP contribution in [-0.4, -0.2) is 28.0 Å². The summed E-state index contributed by atoms with van der Waals surface area (Å²) < 4.78 is 0. The van der Waals surface area contributed by atoms with Crippen LogP contribution in [-0.2, 0) is 0 Å². The number of anilines is 1. The maximum atomic E-state index is 4.48. The fourth-order valence-corrected chi connectivity index (χ4v) is 2.24. The van der Waals surface area contributed by atoms with Crippen molar-refractivity contribution in [2.75, 3.05) is 18.0 Å². The van der Waals surface area contributed by atoms with Crippen molar-refractivity contribution in [2.45, 2.75) is 19.8 Å². The minimum Gasteiger partial charge on any atom is -0.341 e. The zero-order chi connectivity index (χ0) is 12.4. The van der Waals surface area contributed by atoms with Crippen LogP contribution in [0.4, 0.5) is 5.95 Å². The first-order valence-electron chi connectivity index (χ1n) is 6.34. The Labute approximate surface area is 107 Å². The van der Waals surface area contributed by atoms with Gasteiger partial charge in [-0.05, 0) is 31.9 Å². The minimum atomic E-state index is 0.837. The molecule has 0 amide bonds. The van der Waals surface area contributed by atoms with E-state index in [1.54, 1.807) is 0 Å². The Hall–Kier alpha value is -1.97. The third kappa shape index (κ3) is 2.18. The second-order valence-electron chi connectivity index (χ2n) is 4.63. The first-order chi connectivity index (χ1) is 8.83. The monoisotopic (exact) mass is 240 g/mol. The highest BCUT2D eigenvalue weighted by Crippen LogP contribution is 2.19. The van der Waals surface area contributed by atoms with Crippen LogP contribution in [0.1, 0.15) is 18.5 Å². The van der Waals surface area contributed by atoms with Crippen molar-refractivity contribution in [3.05, 3.63) is 36.3 Å². The summed E-state index contributed by atoms with van der Waals surface area (Å²) in [4.78, 5) is 15.6. The summed E-state index contributed by atoms with van der Waals surface area (Å²) >= 11 is 0. The molecule has 3 rings (SSSR count). The van der Waals surface area contributed by atoms with Gasteiger partial charge in [-0.15, -0.1) is 0 Å². The van der Waals surface area contributed by atoms with Crippen molar-refractivity contribution in [1.29, 1.82) is 0 Å². The van der Waals surface area contributed by atoms with Gasteiger partial charge in [0.1, 0.15) is 0 Å². The van der Waals surface area contributed by atoms with Crippen molar-refractivity contribution < 1.29 is 0 Å². The summed E-state index contributed by atoms with van der Waals surface area (Å²) in [5, 5.41) is 0. The van der Waals surface area contributed by atoms with E-state index >= 15 is 0 Å². The molecule has 1 saturated heterocycles. The van der Waals surface area contributed by atoms with E-state index in [-0.39, 0.29) is 0 Å². The second-order valence-corrected chi connectivity index (χ2v) is 4.63. The van der Waals surface area contributed by atoms with E-state index in [2.05, 4.69) is 19.9 Å². The van der Waals surface area contributed by atoms with Gasteiger partial charge in [-0.2, -0.15) is 0 Å². The Morgan fingerprint density at radius 3 is 2.44 bits per heavy atom. The highest BCUT2D eigenvalue weighted by Gasteiger charge is 2.14. The highest BCUT2D eigenvalue weighted by molar-refractivity contribution is 5.57. The first kappa shape index (κ1) is 11.1. The van der Waals surface area contributed by atoms with E-state index in [9.17, 15) is 0 Å². The predicted molar refractivity (Wildman–Crippen MR) is 71.4 cm³/mol. The van der Waals surface area contributed by atoms with Crippen molar-refractivity contribution in [3.63, 3.8) is 0 Å². The van der Waals surface area contributed by atoms with E-state index in [0.717, 1.165) is 36.0 Å². The number of pyridine rings is 1. The molecule has 18 heavy (non-hydrogen) atoms. The van der Waals surface area contributed by atoms with Gasteiger partial charge in [-0.3, -0.25) is 4.98 Å². The molecule has 2 aromatic rings. The Morgan fingerprint density at radius 2 is 1.78 bits per heavy atom. The largest absolute Gasteiger partial charge is 0.341 e. The van der Waals surface area contributed by atoms with Gasteiger partial charge in [-0.1, -0.05) is 6.07 Å². The number of rotatable bonds is 2. The second kappa shape index (κ2) is 4.72. The summed E-state index contributed by atoms with van der Waals surface area (Å²) in [7, 11) is 0. The van der Waals surface area contributed by atoms with Gasteiger partial charge in [0, 0.05) is 36.7 Å². The first-order valence-corrected chi connectivity index (χ1v) is 6.34. The van der Waals surface area contributed by atoms with Gasteiger partial charge in [0.15, 0.2) is 0 Å². The molecule has 0 radical (unpaired) electrons. The number of hydrogen-bond acceptors (Lipinski definition) is 4.